The van der Waals surface area contributed by atoms with E-state index in [0.29, 0.717) is 10.6 Å². The fourth-order valence-corrected chi connectivity index (χ4v) is 1.36. The number of rotatable bonds is 3. The van der Waals surface area contributed by atoms with Gasteiger partial charge >= 0.3 is 12.1 Å². The first-order valence-corrected chi connectivity index (χ1v) is 6.23. The molecule has 1 N–H and O–H groups in total. The Labute approximate surface area is 117 Å². The van der Waals surface area contributed by atoms with Crippen molar-refractivity contribution in [3.8, 4) is 0 Å². The first-order chi connectivity index (χ1) is 9.24. The van der Waals surface area contributed by atoms with Crippen LogP contribution in [0.2, 0.25) is 0 Å². The smallest absolute Gasteiger partial charge is 0.439 e. The zero-order chi connectivity index (χ0) is 15.3. The van der Waals surface area contributed by atoms with Gasteiger partial charge in [-0.25, -0.2) is 9.59 Å². The van der Waals surface area contributed by atoms with Crippen molar-refractivity contribution in [1.29, 1.82) is 0 Å². The van der Waals surface area contributed by atoms with Crippen molar-refractivity contribution in [2.75, 3.05) is 11.7 Å². The molecule has 0 aliphatic heterocycles. The molecule has 0 heterocycles. The summed E-state index contributed by atoms with van der Waals surface area (Å²) in [6.45, 7) is 7.09. The van der Waals surface area contributed by atoms with Gasteiger partial charge in [-0.3, -0.25) is 5.21 Å². The maximum Gasteiger partial charge on any atom is 0.439 e. The van der Waals surface area contributed by atoms with Gasteiger partial charge in [0, 0.05) is 0 Å². The molecule has 6 heteroatoms. The molecule has 0 saturated carbocycles. The normalized spacial score (nSPS) is 10.8. The number of hydrogen-bond donors (Lipinski definition) is 1. The Morgan fingerprint density at radius 2 is 1.75 bits per heavy atom. The van der Waals surface area contributed by atoms with Crippen LogP contribution in [0.1, 0.15) is 38.1 Å². The molecule has 1 amide bonds. The molecule has 0 aliphatic carbocycles. The summed E-state index contributed by atoms with van der Waals surface area (Å²) in [6.07, 6.45) is -0.888. The van der Waals surface area contributed by atoms with Crippen LogP contribution >= 0.6 is 0 Å². The Hall–Kier alpha value is -2.08. The van der Waals surface area contributed by atoms with Crippen LogP contribution < -0.4 is 5.06 Å². The molecule has 0 atom stereocenters. The number of carbonyl (C=O) groups excluding carboxylic acids is 2. The van der Waals surface area contributed by atoms with Gasteiger partial charge in [0.2, 0.25) is 0 Å². The summed E-state index contributed by atoms with van der Waals surface area (Å²) in [7, 11) is 0. The number of nitrogens with zero attached hydrogens (tertiary/aromatic N) is 1. The van der Waals surface area contributed by atoms with Gasteiger partial charge in [-0.15, -0.1) is 0 Å². The summed E-state index contributed by atoms with van der Waals surface area (Å²) in [4.78, 5) is 23.1. The number of hydroxylamine groups is 1. The van der Waals surface area contributed by atoms with Gasteiger partial charge in [-0.2, -0.15) is 5.06 Å². The monoisotopic (exact) mass is 281 g/mol. The van der Waals surface area contributed by atoms with E-state index in [2.05, 4.69) is 0 Å². The second-order valence-corrected chi connectivity index (χ2v) is 5.06. The third kappa shape index (κ3) is 4.55. The van der Waals surface area contributed by atoms with E-state index < -0.39 is 17.7 Å². The molecule has 1 aromatic rings. The first-order valence-electron chi connectivity index (χ1n) is 6.23. The lowest BCUT2D eigenvalue weighted by molar-refractivity contribution is 0.0407. The van der Waals surface area contributed by atoms with E-state index >= 15 is 0 Å². The van der Waals surface area contributed by atoms with E-state index in [1.807, 2.05) is 0 Å². The number of esters is 1. The third-order valence-electron chi connectivity index (χ3n) is 2.19. The van der Waals surface area contributed by atoms with E-state index in [-0.39, 0.29) is 12.3 Å². The van der Waals surface area contributed by atoms with E-state index in [1.54, 1.807) is 27.7 Å². The van der Waals surface area contributed by atoms with Gasteiger partial charge < -0.3 is 9.47 Å². The second kappa shape index (κ2) is 6.38. The Morgan fingerprint density at radius 1 is 1.20 bits per heavy atom. The first kappa shape index (κ1) is 16.0. The van der Waals surface area contributed by atoms with Crippen molar-refractivity contribution < 1.29 is 24.3 Å². The van der Waals surface area contributed by atoms with Crippen LogP contribution in [-0.4, -0.2) is 29.5 Å². The highest BCUT2D eigenvalue weighted by Gasteiger charge is 2.22. The molecule has 0 spiro atoms. The fourth-order valence-electron chi connectivity index (χ4n) is 1.36. The van der Waals surface area contributed by atoms with E-state index in [4.69, 9.17) is 9.47 Å². The molecule has 20 heavy (non-hydrogen) atoms. The SMILES string of the molecule is CCOC(=O)c1ccc(N(O)C(=O)OC(C)(C)C)cc1. The highest BCUT2D eigenvalue weighted by Crippen LogP contribution is 2.17. The number of benzene rings is 1. The predicted octanol–water partition coefficient (Wildman–Crippen LogP) is 2.99. The maximum absolute atomic E-state index is 11.6. The lowest BCUT2D eigenvalue weighted by Gasteiger charge is -2.23. The molecule has 0 aromatic heterocycles. The minimum absolute atomic E-state index is 0.201. The molecule has 1 aromatic carbocycles. The Kier molecular flexibility index (Phi) is 5.10. The lowest BCUT2D eigenvalue weighted by Crippen LogP contribution is -2.34. The maximum atomic E-state index is 11.6. The number of amides is 1. The Balaban J connectivity index is 2.78. The highest BCUT2D eigenvalue weighted by atomic mass is 16.6. The van der Waals surface area contributed by atoms with Crippen LogP contribution in [0.15, 0.2) is 24.3 Å². The number of ether oxygens (including phenoxy) is 2. The highest BCUT2D eigenvalue weighted by molar-refractivity contribution is 5.91. The van der Waals surface area contributed by atoms with E-state index in [9.17, 15) is 14.8 Å². The van der Waals surface area contributed by atoms with Crippen LogP contribution in [0.4, 0.5) is 10.5 Å². The van der Waals surface area contributed by atoms with Gasteiger partial charge in [0.1, 0.15) is 5.60 Å². The predicted molar refractivity (Wildman–Crippen MR) is 72.9 cm³/mol. The van der Waals surface area contributed by atoms with Crippen molar-refractivity contribution in [3.05, 3.63) is 29.8 Å². The molecule has 0 saturated heterocycles. The van der Waals surface area contributed by atoms with Crippen molar-refractivity contribution in [2.24, 2.45) is 0 Å². The van der Waals surface area contributed by atoms with Crippen LogP contribution in [0, 0.1) is 0 Å². The molecule has 110 valence electrons. The van der Waals surface area contributed by atoms with Crippen LogP contribution in [0.3, 0.4) is 0 Å². The average molecular weight is 281 g/mol. The lowest BCUT2D eigenvalue weighted by atomic mass is 10.2. The van der Waals surface area contributed by atoms with Crippen LogP contribution in [-0.2, 0) is 9.47 Å². The zero-order valence-corrected chi connectivity index (χ0v) is 12.0. The van der Waals surface area contributed by atoms with Crippen molar-refractivity contribution in [3.63, 3.8) is 0 Å². The van der Waals surface area contributed by atoms with Crippen molar-refractivity contribution in [1.82, 2.24) is 0 Å². The van der Waals surface area contributed by atoms with E-state index in [0.717, 1.165) is 0 Å². The minimum Gasteiger partial charge on any atom is -0.462 e. The molecular formula is C14H19NO5. The average Bonchev–Trinajstić information content (AvgIpc) is 2.36. The molecular weight excluding hydrogens is 262 g/mol. The molecule has 0 aliphatic rings. The third-order valence-corrected chi connectivity index (χ3v) is 2.19. The summed E-state index contributed by atoms with van der Waals surface area (Å²) in [6, 6.07) is 5.77. The second-order valence-electron chi connectivity index (χ2n) is 5.06. The quantitative estimate of drug-likeness (QED) is 0.523. The largest absolute Gasteiger partial charge is 0.462 e. The number of anilines is 1. The molecule has 0 radical (unpaired) electrons. The summed E-state index contributed by atoms with van der Waals surface area (Å²) in [5.74, 6) is -0.458. The molecule has 0 bridgehead atoms. The summed E-state index contributed by atoms with van der Waals surface area (Å²) < 4.78 is 9.85. The minimum atomic E-state index is -0.888. The number of hydrogen-bond acceptors (Lipinski definition) is 5. The van der Waals surface area contributed by atoms with Crippen LogP contribution in [0.25, 0.3) is 0 Å². The van der Waals surface area contributed by atoms with Gasteiger partial charge in [0.25, 0.3) is 0 Å². The van der Waals surface area contributed by atoms with Gasteiger partial charge in [0.15, 0.2) is 0 Å². The van der Waals surface area contributed by atoms with Gasteiger partial charge in [-0.05, 0) is 52.0 Å². The van der Waals surface area contributed by atoms with Crippen LogP contribution in [0.5, 0.6) is 0 Å². The van der Waals surface area contributed by atoms with Crippen molar-refractivity contribution >= 4 is 17.7 Å². The Bertz CT molecular complexity index is 475. The standard InChI is InChI=1S/C14H19NO5/c1-5-19-12(16)10-6-8-11(9-7-10)15(18)13(17)20-14(2,3)4/h6-9,18H,5H2,1-4H3. The topological polar surface area (TPSA) is 76.1 Å². The van der Waals surface area contributed by atoms with E-state index in [1.165, 1.54) is 24.3 Å². The van der Waals surface area contributed by atoms with Gasteiger partial charge in [-0.1, -0.05) is 0 Å². The molecule has 0 fully saturated rings. The Morgan fingerprint density at radius 3 is 2.20 bits per heavy atom. The summed E-state index contributed by atoms with van der Waals surface area (Å²) >= 11 is 0. The molecule has 1 rings (SSSR count). The number of carbonyl (C=O) groups is 2. The fraction of sp³-hybridized carbons (Fsp3) is 0.429. The zero-order valence-electron chi connectivity index (χ0n) is 12.0. The molecule has 0 unspecified atom stereocenters. The summed E-state index contributed by atoms with van der Waals surface area (Å²) in [5.41, 5.74) is -0.163. The van der Waals surface area contributed by atoms with Crippen molar-refractivity contribution in [2.45, 2.75) is 33.3 Å². The summed E-state index contributed by atoms with van der Waals surface area (Å²) in [5, 5.41) is 10.1. The van der Waals surface area contributed by atoms with Gasteiger partial charge in [0.05, 0.1) is 17.9 Å². The molecule has 6 nitrogen and oxygen atoms in total.